The highest BCUT2D eigenvalue weighted by atomic mass is 35.5. The van der Waals surface area contributed by atoms with Crippen LogP contribution in [0.3, 0.4) is 0 Å². The van der Waals surface area contributed by atoms with Crippen molar-refractivity contribution in [2.24, 2.45) is 0 Å². The van der Waals surface area contributed by atoms with Gasteiger partial charge in [-0.3, -0.25) is 0 Å². The van der Waals surface area contributed by atoms with E-state index in [1.165, 1.54) is 0 Å². The lowest BCUT2D eigenvalue weighted by Crippen LogP contribution is -2.04. The Hall–Kier alpha value is -2.17. The highest BCUT2D eigenvalue weighted by Crippen LogP contribution is 2.38. The number of benzene rings is 2. The van der Waals surface area contributed by atoms with E-state index in [0.717, 1.165) is 47.0 Å². The van der Waals surface area contributed by atoms with Crippen LogP contribution in [-0.4, -0.2) is 23.4 Å². The Bertz CT molecular complexity index is 903. The first-order valence-electron chi connectivity index (χ1n) is 7.63. The number of halogens is 2. The van der Waals surface area contributed by atoms with Gasteiger partial charge in [0.2, 0.25) is 0 Å². The van der Waals surface area contributed by atoms with E-state index in [-0.39, 0.29) is 0 Å². The van der Waals surface area contributed by atoms with Crippen LogP contribution in [0.5, 0.6) is 5.75 Å². The molecule has 0 fully saturated rings. The molecule has 1 aliphatic heterocycles. The number of methoxy groups -OCH3 is 1. The largest absolute Gasteiger partial charge is 0.497 e. The van der Waals surface area contributed by atoms with E-state index >= 15 is 0 Å². The highest BCUT2D eigenvalue weighted by molar-refractivity contribution is 6.35. The predicted octanol–water partition coefficient (Wildman–Crippen LogP) is 4.82. The lowest BCUT2D eigenvalue weighted by atomic mass is 10.1. The van der Waals surface area contributed by atoms with Crippen LogP contribution < -0.4 is 10.1 Å². The fourth-order valence-electron chi connectivity index (χ4n) is 2.98. The molecule has 0 radical (unpaired) electrons. The lowest BCUT2D eigenvalue weighted by Gasteiger charge is -2.07. The van der Waals surface area contributed by atoms with E-state index in [1.807, 2.05) is 35.0 Å². The third kappa shape index (κ3) is 2.52. The summed E-state index contributed by atoms with van der Waals surface area (Å²) in [4.78, 5) is 0. The van der Waals surface area contributed by atoms with Gasteiger partial charge in [0.05, 0.1) is 23.5 Å². The maximum Gasteiger partial charge on any atom is 0.133 e. The molecule has 0 unspecified atom stereocenters. The molecule has 1 N–H and O–H groups in total. The molecule has 0 saturated carbocycles. The molecule has 6 heteroatoms. The molecule has 0 atom stereocenters. The maximum absolute atomic E-state index is 6.38. The van der Waals surface area contributed by atoms with Crippen LogP contribution in [0.15, 0.2) is 42.5 Å². The summed E-state index contributed by atoms with van der Waals surface area (Å²) in [5.74, 6) is 1.82. The minimum atomic E-state index is 0.646. The van der Waals surface area contributed by atoms with E-state index in [2.05, 4.69) is 5.32 Å². The molecule has 4 nitrogen and oxygen atoms in total. The zero-order valence-electron chi connectivity index (χ0n) is 13.0. The van der Waals surface area contributed by atoms with Crippen LogP contribution in [0.4, 0.5) is 5.82 Å². The Morgan fingerprint density at radius 3 is 2.67 bits per heavy atom. The lowest BCUT2D eigenvalue weighted by molar-refractivity contribution is 0.414. The molecule has 1 aromatic heterocycles. The Labute approximate surface area is 150 Å². The minimum Gasteiger partial charge on any atom is -0.497 e. The van der Waals surface area contributed by atoms with E-state index in [0.29, 0.717) is 10.0 Å². The number of hydrogen-bond acceptors (Lipinski definition) is 3. The molecule has 24 heavy (non-hydrogen) atoms. The monoisotopic (exact) mass is 359 g/mol. The van der Waals surface area contributed by atoms with E-state index < -0.39 is 0 Å². The van der Waals surface area contributed by atoms with Crippen molar-refractivity contribution in [3.63, 3.8) is 0 Å². The van der Waals surface area contributed by atoms with Crippen molar-refractivity contribution in [2.45, 2.75) is 6.42 Å². The number of nitrogens with one attached hydrogen (secondary N) is 1. The number of anilines is 1. The SMILES string of the molecule is COc1ccc(-n2nc(-c3cc(Cl)ccc3Cl)c3c2NCC3)cc1. The Balaban J connectivity index is 1.87. The van der Waals surface area contributed by atoms with Gasteiger partial charge in [-0.2, -0.15) is 5.10 Å². The fourth-order valence-corrected chi connectivity index (χ4v) is 3.36. The van der Waals surface area contributed by atoms with Crippen molar-refractivity contribution in [1.82, 2.24) is 9.78 Å². The summed E-state index contributed by atoms with van der Waals surface area (Å²) in [6.07, 6.45) is 0.906. The molecule has 0 aliphatic carbocycles. The van der Waals surface area contributed by atoms with Crippen molar-refractivity contribution in [3.8, 4) is 22.7 Å². The topological polar surface area (TPSA) is 39.1 Å². The van der Waals surface area contributed by atoms with Gasteiger partial charge in [-0.05, 0) is 48.9 Å². The van der Waals surface area contributed by atoms with Crippen LogP contribution >= 0.6 is 23.2 Å². The van der Waals surface area contributed by atoms with Crippen LogP contribution in [-0.2, 0) is 6.42 Å². The standard InChI is InChI=1S/C18H15Cl2N3O/c1-24-13-5-3-12(4-6-13)23-18-14(8-9-21-18)17(22-23)15-10-11(19)2-7-16(15)20/h2-7,10,21H,8-9H2,1H3. The molecular weight excluding hydrogens is 345 g/mol. The Morgan fingerprint density at radius 2 is 1.92 bits per heavy atom. The first-order valence-corrected chi connectivity index (χ1v) is 8.38. The number of hydrogen-bond donors (Lipinski definition) is 1. The molecule has 4 rings (SSSR count). The van der Waals surface area contributed by atoms with E-state index in [4.69, 9.17) is 33.0 Å². The van der Waals surface area contributed by atoms with Crippen LogP contribution in [0.2, 0.25) is 10.0 Å². The van der Waals surface area contributed by atoms with Crippen LogP contribution in [0.25, 0.3) is 16.9 Å². The first kappa shape index (κ1) is 15.4. The van der Waals surface area contributed by atoms with Gasteiger partial charge in [-0.1, -0.05) is 23.2 Å². The summed E-state index contributed by atoms with van der Waals surface area (Å²) in [6.45, 7) is 0.883. The number of aromatic nitrogens is 2. The second kappa shape index (κ2) is 6.04. The average Bonchev–Trinajstić information content (AvgIpc) is 3.20. The second-order valence-corrected chi connectivity index (χ2v) is 6.43. The smallest absolute Gasteiger partial charge is 0.133 e. The molecule has 2 heterocycles. The van der Waals surface area contributed by atoms with Crippen molar-refractivity contribution in [2.75, 3.05) is 19.0 Å². The summed E-state index contributed by atoms with van der Waals surface area (Å²) in [7, 11) is 1.65. The first-order chi connectivity index (χ1) is 11.7. The summed E-state index contributed by atoms with van der Waals surface area (Å²) in [6, 6.07) is 13.3. The van der Waals surface area contributed by atoms with E-state index in [9.17, 15) is 0 Å². The third-order valence-corrected chi connectivity index (χ3v) is 4.72. The van der Waals surface area contributed by atoms with E-state index in [1.54, 1.807) is 19.2 Å². The summed E-state index contributed by atoms with van der Waals surface area (Å²) in [5, 5.41) is 9.51. The molecule has 0 spiro atoms. The Morgan fingerprint density at radius 1 is 1.12 bits per heavy atom. The molecule has 0 saturated heterocycles. The molecule has 2 aromatic carbocycles. The number of ether oxygens (including phenoxy) is 1. The summed E-state index contributed by atoms with van der Waals surface area (Å²) in [5.41, 5.74) is 3.86. The van der Waals surface area contributed by atoms with Gasteiger partial charge in [-0.25, -0.2) is 4.68 Å². The van der Waals surface area contributed by atoms with Gasteiger partial charge < -0.3 is 10.1 Å². The quantitative estimate of drug-likeness (QED) is 0.728. The predicted molar refractivity (Wildman–Crippen MR) is 97.8 cm³/mol. The fraction of sp³-hybridized carbons (Fsp3) is 0.167. The average molecular weight is 360 g/mol. The Kier molecular flexibility index (Phi) is 3.87. The van der Waals surface area contributed by atoms with Gasteiger partial charge in [0.25, 0.3) is 0 Å². The van der Waals surface area contributed by atoms with Gasteiger partial charge in [-0.15, -0.1) is 0 Å². The van der Waals surface area contributed by atoms with Crippen molar-refractivity contribution in [3.05, 3.63) is 58.1 Å². The molecule has 3 aromatic rings. The van der Waals surface area contributed by atoms with Crippen molar-refractivity contribution < 1.29 is 4.74 Å². The zero-order valence-corrected chi connectivity index (χ0v) is 14.5. The summed E-state index contributed by atoms with van der Waals surface area (Å²) >= 11 is 12.5. The molecule has 122 valence electrons. The van der Waals surface area contributed by atoms with Crippen LogP contribution in [0, 0.1) is 0 Å². The molecule has 0 amide bonds. The number of fused-ring (bicyclic) bond motifs is 1. The summed E-state index contributed by atoms with van der Waals surface area (Å²) < 4.78 is 7.13. The maximum atomic E-state index is 6.38. The normalized spacial score (nSPS) is 12.8. The number of nitrogens with zero attached hydrogens (tertiary/aromatic N) is 2. The van der Waals surface area contributed by atoms with Crippen molar-refractivity contribution >= 4 is 29.0 Å². The van der Waals surface area contributed by atoms with Gasteiger partial charge in [0.1, 0.15) is 11.6 Å². The second-order valence-electron chi connectivity index (χ2n) is 5.59. The van der Waals surface area contributed by atoms with Gasteiger partial charge >= 0.3 is 0 Å². The molecular formula is C18H15Cl2N3O. The zero-order chi connectivity index (χ0) is 16.7. The van der Waals surface area contributed by atoms with Gasteiger partial charge in [0, 0.05) is 22.7 Å². The van der Waals surface area contributed by atoms with Gasteiger partial charge in [0.15, 0.2) is 0 Å². The molecule has 0 bridgehead atoms. The molecule has 1 aliphatic rings. The number of rotatable bonds is 3. The highest BCUT2D eigenvalue weighted by Gasteiger charge is 2.25. The minimum absolute atomic E-state index is 0.646. The third-order valence-electron chi connectivity index (χ3n) is 4.15. The van der Waals surface area contributed by atoms with Crippen molar-refractivity contribution in [1.29, 1.82) is 0 Å². The van der Waals surface area contributed by atoms with Crippen LogP contribution in [0.1, 0.15) is 5.56 Å².